The number of piperidine rings is 1. The van der Waals surface area contributed by atoms with E-state index >= 15 is 0 Å². The van der Waals surface area contributed by atoms with Gasteiger partial charge in [0.15, 0.2) is 5.69 Å². The van der Waals surface area contributed by atoms with Crippen molar-refractivity contribution in [2.45, 2.75) is 45.6 Å². The maximum Gasteiger partial charge on any atom is 0.275 e. The van der Waals surface area contributed by atoms with E-state index in [2.05, 4.69) is 31.1 Å². The molecule has 1 aromatic carbocycles. The van der Waals surface area contributed by atoms with Crippen molar-refractivity contribution < 1.29 is 9.59 Å². The average Bonchev–Trinajstić information content (AvgIpc) is 3.35. The highest BCUT2D eigenvalue weighted by Crippen LogP contribution is 2.26. The van der Waals surface area contributed by atoms with Gasteiger partial charge < -0.3 is 9.80 Å². The molecule has 0 N–H and O–H groups in total. The van der Waals surface area contributed by atoms with Crippen LogP contribution < -0.4 is 0 Å². The van der Waals surface area contributed by atoms with E-state index in [0.717, 1.165) is 50.0 Å². The van der Waals surface area contributed by atoms with Gasteiger partial charge in [-0.15, -0.1) is 0 Å². The van der Waals surface area contributed by atoms with Crippen LogP contribution in [0.4, 0.5) is 0 Å². The molecule has 29 heavy (non-hydrogen) atoms. The van der Waals surface area contributed by atoms with Crippen molar-refractivity contribution in [1.29, 1.82) is 0 Å². The summed E-state index contributed by atoms with van der Waals surface area (Å²) in [6.07, 6.45) is 3.71. The highest BCUT2D eigenvalue weighted by Gasteiger charge is 2.38. The van der Waals surface area contributed by atoms with Crippen molar-refractivity contribution >= 4 is 11.8 Å². The molecule has 1 aromatic heterocycles. The number of rotatable bonds is 3. The number of hydrogen-bond donors (Lipinski definition) is 0. The van der Waals surface area contributed by atoms with E-state index in [4.69, 9.17) is 0 Å². The summed E-state index contributed by atoms with van der Waals surface area (Å²) >= 11 is 0. The Morgan fingerprint density at radius 3 is 2.41 bits per heavy atom. The molecular weight excluding hydrogens is 364 g/mol. The van der Waals surface area contributed by atoms with E-state index in [1.54, 1.807) is 9.58 Å². The monoisotopic (exact) mass is 394 g/mol. The predicted molar refractivity (Wildman–Crippen MR) is 112 cm³/mol. The number of aryl methyl sites for hydroxylation is 2. The van der Waals surface area contributed by atoms with Gasteiger partial charge in [-0.3, -0.25) is 14.3 Å². The Bertz CT molecular complexity index is 894. The van der Waals surface area contributed by atoms with Crippen LogP contribution in [0.2, 0.25) is 0 Å². The SMILES string of the molecule is Cc1ccc(-c2cc(C(=O)N3CCC[C@H]3C(=O)N3CCC(C)CC3)nn2C)cc1. The van der Waals surface area contributed by atoms with E-state index in [-0.39, 0.29) is 17.9 Å². The standard InChI is InChI=1S/C23H30N4O2/c1-16-6-8-18(9-7-16)21-15-19(24-25(21)3)22(28)27-12-4-5-20(27)23(29)26-13-10-17(2)11-14-26/h6-9,15,17,20H,4-5,10-14H2,1-3H3/t20-/m0/s1. The van der Waals surface area contributed by atoms with E-state index in [1.807, 2.05) is 30.1 Å². The fraction of sp³-hybridized carbons (Fsp3) is 0.522. The fourth-order valence-electron chi connectivity index (χ4n) is 4.42. The lowest BCUT2D eigenvalue weighted by atomic mass is 9.98. The largest absolute Gasteiger partial charge is 0.341 e. The highest BCUT2D eigenvalue weighted by molar-refractivity contribution is 5.97. The molecule has 2 aliphatic heterocycles. The van der Waals surface area contributed by atoms with Gasteiger partial charge in [-0.05, 0) is 50.2 Å². The number of amides is 2. The summed E-state index contributed by atoms with van der Waals surface area (Å²) < 4.78 is 1.75. The van der Waals surface area contributed by atoms with Crippen LogP contribution in [-0.2, 0) is 11.8 Å². The minimum atomic E-state index is -0.347. The molecule has 1 atom stereocenters. The van der Waals surface area contributed by atoms with Crippen LogP contribution in [0.1, 0.15) is 48.7 Å². The molecule has 2 amide bonds. The number of nitrogens with zero attached hydrogens (tertiary/aromatic N) is 4. The van der Waals surface area contributed by atoms with Crippen molar-refractivity contribution in [2.24, 2.45) is 13.0 Å². The molecule has 2 aliphatic rings. The van der Waals surface area contributed by atoms with Crippen LogP contribution in [0.15, 0.2) is 30.3 Å². The summed E-state index contributed by atoms with van der Waals surface area (Å²) in [6, 6.07) is 9.69. The first kappa shape index (κ1) is 19.7. The molecule has 0 aliphatic carbocycles. The predicted octanol–water partition coefficient (Wildman–Crippen LogP) is 3.26. The topological polar surface area (TPSA) is 58.4 Å². The van der Waals surface area contributed by atoms with E-state index < -0.39 is 0 Å². The first-order valence-electron chi connectivity index (χ1n) is 10.6. The first-order chi connectivity index (χ1) is 13.9. The molecule has 154 valence electrons. The quantitative estimate of drug-likeness (QED) is 0.803. The minimum absolute atomic E-state index is 0.109. The zero-order valence-electron chi connectivity index (χ0n) is 17.6. The van der Waals surface area contributed by atoms with Gasteiger partial charge in [0.1, 0.15) is 6.04 Å². The molecule has 2 fully saturated rings. The molecule has 2 saturated heterocycles. The molecule has 6 heteroatoms. The van der Waals surface area contributed by atoms with Gasteiger partial charge in [0.25, 0.3) is 5.91 Å². The van der Waals surface area contributed by atoms with Gasteiger partial charge in [0.2, 0.25) is 5.91 Å². The van der Waals surface area contributed by atoms with Crippen LogP contribution in [0, 0.1) is 12.8 Å². The second kappa shape index (κ2) is 8.01. The highest BCUT2D eigenvalue weighted by atomic mass is 16.2. The third-order valence-corrected chi connectivity index (χ3v) is 6.34. The number of likely N-dealkylation sites (tertiary alicyclic amines) is 2. The summed E-state index contributed by atoms with van der Waals surface area (Å²) in [4.78, 5) is 30.0. The van der Waals surface area contributed by atoms with Crippen molar-refractivity contribution in [3.8, 4) is 11.3 Å². The molecule has 2 aromatic rings. The Morgan fingerprint density at radius 2 is 1.72 bits per heavy atom. The fourth-order valence-corrected chi connectivity index (χ4v) is 4.42. The number of carbonyl (C=O) groups is 2. The summed E-state index contributed by atoms with van der Waals surface area (Å²) in [6.45, 7) is 6.52. The Balaban J connectivity index is 1.52. The van der Waals surface area contributed by atoms with Gasteiger partial charge in [-0.25, -0.2) is 0 Å². The zero-order chi connectivity index (χ0) is 20.5. The lowest BCUT2D eigenvalue weighted by Gasteiger charge is -2.34. The Labute approximate surface area is 172 Å². The molecule has 4 rings (SSSR count). The number of hydrogen-bond acceptors (Lipinski definition) is 3. The van der Waals surface area contributed by atoms with Crippen LogP contribution in [0.25, 0.3) is 11.3 Å². The second-order valence-electron chi connectivity index (χ2n) is 8.57. The lowest BCUT2D eigenvalue weighted by Crippen LogP contribution is -2.49. The molecular formula is C23H30N4O2. The lowest BCUT2D eigenvalue weighted by molar-refractivity contribution is -0.136. The second-order valence-corrected chi connectivity index (χ2v) is 8.57. The van der Waals surface area contributed by atoms with E-state index in [0.29, 0.717) is 18.2 Å². The van der Waals surface area contributed by atoms with Gasteiger partial charge in [0.05, 0.1) is 5.69 Å². The van der Waals surface area contributed by atoms with Crippen molar-refractivity contribution in [3.63, 3.8) is 0 Å². The summed E-state index contributed by atoms with van der Waals surface area (Å²) in [5.74, 6) is 0.645. The number of benzene rings is 1. The maximum atomic E-state index is 13.2. The third-order valence-electron chi connectivity index (χ3n) is 6.34. The molecule has 0 radical (unpaired) electrons. The van der Waals surface area contributed by atoms with Crippen molar-refractivity contribution in [3.05, 3.63) is 41.6 Å². The van der Waals surface area contributed by atoms with Crippen LogP contribution in [-0.4, -0.2) is 57.1 Å². The Morgan fingerprint density at radius 1 is 1.03 bits per heavy atom. The van der Waals surface area contributed by atoms with Crippen molar-refractivity contribution in [2.75, 3.05) is 19.6 Å². The summed E-state index contributed by atoms with van der Waals surface area (Å²) in [7, 11) is 1.85. The molecule has 0 spiro atoms. The van der Waals surface area contributed by atoms with Gasteiger partial charge in [0, 0.05) is 26.7 Å². The molecule has 0 bridgehead atoms. The van der Waals surface area contributed by atoms with Crippen LogP contribution in [0.5, 0.6) is 0 Å². The summed E-state index contributed by atoms with van der Waals surface area (Å²) in [5.41, 5.74) is 3.54. The molecule has 3 heterocycles. The molecule has 0 saturated carbocycles. The minimum Gasteiger partial charge on any atom is -0.341 e. The molecule has 6 nitrogen and oxygen atoms in total. The summed E-state index contributed by atoms with van der Waals surface area (Å²) in [5, 5.41) is 4.47. The third kappa shape index (κ3) is 3.93. The maximum absolute atomic E-state index is 13.2. The van der Waals surface area contributed by atoms with Crippen molar-refractivity contribution in [1.82, 2.24) is 19.6 Å². The number of aromatic nitrogens is 2. The average molecular weight is 395 g/mol. The van der Waals surface area contributed by atoms with Crippen LogP contribution >= 0.6 is 0 Å². The first-order valence-corrected chi connectivity index (χ1v) is 10.6. The van der Waals surface area contributed by atoms with Gasteiger partial charge in [-0.1, -0.05) is 36.8 Å². The van der Waals surface area contributed by atoms with Gasteiger partial charge >= 0.3 is 0 Å². The van der Waals surface area contributed by atoms with E-state index in [1.165, 1.54) is 5.56 Å². The Hall–Kier alpha value is -2.63. The van der Waals surface area contributed by atoms with E-state index in [9.17, 15) is 9.59 Å². The number of carbonyl (C=O) groups excluding carboxylic acids is 2. The van der Waals surface area contributed by atoms with Gasteiger partial charge in [-0.2, -0.15) is 5.10 Å². The normalized spacial score (nSPS) is 20.3. The Kier molecular flexibility index (Phi) is 5.43. The van der Waals surface area contributed by atoms with Crippen LogP contribution in [0.3, 0.4) is 0 Å². The smallest absolute Gasteiger partial charge is 0.275 e. The molecule has 0 unspecified atom stereocenters. The zero-order valence-corrected chi connectivity index (χ0v) is 17.6.